The maximum atomic E-state index is 11.3. The van der Waals surface area contributed by atoms with Gasteiger partial charge in [-0.25, -0.2) is 15.0 Å². The summed E-state index contributed by atoms with van der Waals surface area (Å²) in [5.41, 5.74) is 8.87. The van der Waals surface area contributed by atoms with E-state index in [1.54, 1.807) is 6.20 Å². The Bertz CT molecular complexity index is 787. The van der Waals surface area contributed by atoms with E-state index in [9.17, 15) is 4.79 Å². The highest BCUT2D eigenvalue weighted by molar-refractivity contribution is 7.14. The van der Waals surface area contributed by atoms with Crippen molar-refractivity contribution in [2.24, 2.45) is 5.73 Å². The van der Waals surface area contributed by atoms with Gasteiger partial charge in [-0.2, -0.15) is 0 Å². The second-order valence-electron chi connectivity index (χ2n) is 4.47. The maximum absolute atomic E-state index is 11.3. The molecule has 1 aromatic carbocycles. The number of hydrogen-bond donors (Lipinski definition) is 2. The van der Waals surface area contributed by atoms with Gasteiger partial charge in [0.1, 0.15) is 6.33 Å². The van der Waals surface area contributed by atoms with Crippen molar-refractivity contribution in [3.8, 4) is 22.5 Å². The van der Waals surface area contributed by atoms with Crippen molar-refractivity contribution in [2.45, 2.75) is 0 Å². The Morgan fingerprint density at radius 1 is 1.23 bits per heavy atom. The molecule has 0 spiro atoms. The van der Waals surface area contributed by atoms with Crippen molar-refractivity contribution >= 4 is 22.4 Å². The lowest BCUT2D eigenvalue weighted by Crippen LogP contribution is -2.21. The predicted molar refractivity (Wildman–Crippen MR) is 86.3 cm³/mol. The second kappa shape index (κ2) is 6.42. The molecule has 3 rings (SSSR count). The molecule has 0 radical (unpaired) electrons. The number of rotatable bonds is 4. The topological polar surface area (TPSA) is 93.8 Å². The van der Waals surface area contributed by atoms with Crippen molar-refractivity contribution < 1.29 is 4.79 Å². The molecule has 0 unspecified atom stereocenters. The molecule has 0 atom stereocenters. The average molecular weight is 311 g/mol. The first-order valence-electron chi connectivity index (χ1n) is 6.58. The molecule has 110 valence electrons. The van der Waals surface area contributed by atoms with E-state index in [0.717, 1.165) is 22.5 Å². The zero-order valence-electron chi connectivity index (χ0n) is 11.6. The van der Waals surface area contributed by atoms with Gasteiger partial charge in [0.05, 0.1) is 17.9 Å². The van der Waals surface area contributed by atoms with Gasteiger partial charge in [-0.05, 0) is 12.1 Å². The monoisotopic (exact) mass is 311 g/mol. The molecule has 0 aliphatic carbocycles. The second-order valence-corrected chi connectivity index (χ2v) is 5.32. The number of anilines is 1. The molecule has 22 heavy (non-hydrogen) atoms. The van der Waals surface area contributed by atoms with Crippen LogP contribution < -0.4 is 11.1 Å². The minimum Gasteiger partial charge on any atom is -0.322 e. The van der Waals surface area contributed by atoms with Crippen molar-refractivity contribution in [1.82, 2.24) is 15.0 Å². The third kappa shape index (κ3) is 3.16. The van der Waals surface area contributed by atoms with Crippen LogP contribution in [0.1, 0.15) is 0 Å². The third-order valence-corrected chi connectivity index (χ3v) is 3.73. The van der Waals surface area contributed by atoms with E-state index in [1.165, 1.54) is 17.7 Å². The van der Waals surface area contributed by atoms with Gasteiger partial charge in [-0.1, -0.05) is 18.2 Å². The number of thiazole rings is 1. The molecule has 1 amide bonds. The van der Waals surface area contributed by atoms with E-state index in [-0.39, 0.29) is 12.5 Å². The van der Waals surface area contributed by atoms with Gasteiger partial charge in [-0.15, -0.1) is 11.3 Å². The average Bonchev–Trinajstić information content (AvgIpc) is 3.04. The Morgan fingerprint density at radius 2 is 2.05 bits per heavy atom. The van der Waals surface area contributed by atoms with Crippen LogP contribution in [-0.2, 0) is 4.79 Å². The van der Waals surface area contributed by atoms with Crippen LogP contribution in [0.5, 0.6) is 0 Å². The summed E-state index contributed by atoms with van der Waals surface area (Å²) in [5.74, 6) is -0.254. The fourth-order valence-electron chi connectivity index (χ4n) is 1.93. The smallest absolute Gasteiger partial charge is 0.239 e. The minimum absolute atomic E-state index is 0.0574. The standard InChI is InChI=1S/C15H13N5OS/c16-7-14(21)20-15-19-13(8-22-15)11-3-1-2-10(6-11)12-4-5-17-9-18-12/h1-6,8-9H,7,16H2,(H,19,20,21). The van der Waals surface area contributed by atoms with Crippen LogP contribution in [0.3, 0.4) is 0 Å². The van der Waals surface area contributed by atoms with Crippen LogP contribution in [0.25, 0.3) is 22.5 Å². The highest BCUT2D eigenvalue weighted by atomic mass is 32.1. The first-order chi connectivity index (χ1) is 10.8. The Hall–Kier alpha value is -2.64. The van der Waals surface area contributed by atoms with Crippen LogP contribution in [0, 0.1) is 0 Å². The molecule has 0 bridgehead atoms. The van der Waals surface area contributed by atoms with Gasteiger partial charge >= 0.3 is 0 Å². The van der Waals surface area contributed by atoms with Gasteiger partial charge in [0.25, 0.3) is 0 Å². The van der Waals surface area contributed by atoms with Crippen LogP contribution in [0.4, 0.5) is 5.13 Å². The van der Waals surface area contributed by atoms with Gasteiger partial charge < -0.3 is 11.1 Å². The Labute approximate surface area is 131 Å². The number of benzene rings is 1. The van der Waals surface area contributed by atoms with E-state index in [2.05, 4.69) is 20.3 Å². The van der Waals surface area contributed by atoms with Crippen LogP contribution in [-0.4, -0.2) is 27.4 Å². The van der Waals surface area contributed by atoms with E-state index >= 15 is 0 Å². The van der Waals surface area contributed by atoms with E-state index in [0.29, 0.717) is 5.13 Å². The van der Waals surface area contributed by atoms with Crippen molar-refractivity contribution in [3.05, 3.63) is 48.2 Å². The summed E-state index contributed by atoms with van der Waals surface area (Å²) in [6.07, 6.45) is 3.23. The van der Waals surface area contributed by atoms with Crippen molar-refractivity contribution in [1.29, 1.82) is 0 Å². The summed E-state index contributed by atoms with van der Waals surface area (Å²) < 4.78 is 0. The number of carbonyl (C=O) groups excluding carboxylic acids is 1. The lowest BCUT2D eigenvalue weighted by molar-refractivity contribution is -0.114. The van der Waals surface area contributed by atoms with E-state index in [4.69, 9.17) is 5.73 Å². The van der Waals surface area contributed by atoms with E-state index in [1.807, 2.05) is 35.7 Å². The summed E-state index contributed by atoms with van der Waals surface area (Å²) >= 11 is 1.37. The predicted octanol–water partition coefficient (Wildman–Crippen LogP) is 2.16. The summed E-state index contributed by atoms with van der Waals surface area (Å²) in [7, 11) is 0. The molecule has 2 heterocycles. The third-order valence-electron chi connectivity index (χ3n) is 2.97. The Kier molecular flexibility index (Phi) is 4.17. The normalized spacial score (nSPS) is 10.4. The van der Waals surface area contributed by atoms with Gasteiger partial charge in [-0.3, -0.25) is 4.79 Å². The van der Waals surface area contributed by atoms with Crippen LogP contribution >= 0.6 is 11.3 Å². The molecule has 3 aromatic rings. The summed E-state index contributed by atoms with van der Waals surface area (Å²) in [4.78, 5) is 23.8. The quantitative estimate of drug-likeness (QED) is 0.770. The summed E-state index contributed by atoms with van der Waals surface area (Å²) in [5, 5.41) is 5.08. The molecule has 3 N–H and O–H groups in total. The lowest BCUT2D eigenvalue weighted by Gasteiger charge is -2.02. The molecular weight excluding hydrogens is 298 g/mol. The number of amides is 1. The largest absolute Gasteiger partial charge is 0.322 e. The first kappa shape index (κ1) is 14.3. The van der Waals surface area contributed by atoms with Crippen molar-refractivity contribution in [3.63, 3.8) is 0 Å². The number of carbonyl (C=O) groups is 1. The van der Waals surface area contributed by atoms with E-state index < -0.39 is 0 Å². The SMILES string of the molecule is NCC(=O)Nc1nc(-c2cccc(-c3ccncn3)c2)cs1. The zero-order valence-corrected chi connectivity index (χ0v) is 12.4. The van der Waals surface area contributed by atoms with Crippen LogP contribution in [0.2, 0.25) is 0 Å². The number of nitrogens with two attached hydrogens (primary N) is 1. The molecule has 2 aromatic heterocycles. The molecule has 7 heteroatoms. The van der Waals surface area contributed by atoms with Gasteiger partial charge in [0.2, 0.25) is 5.91 Å². The minimum atomic E-state index is -0.254. The maximum Gasteiger partial charge on any atom is 0.239 e. The number of nitrogens with zero attached hydrogens (tertiary/aromatic N) is 3. The number of nitrogens with one attached hydrogen (secondary N) is 1. The Morgan fingerprint density at radius 3 is 2.77 bits per heavy atom. The number of hydrogen-bond acceptors (Lipinski definition) is 6. The molecular formula is C15H13N5OS. The van der Waals surface area contributed by atoms with Crippen molar-refractivity contribution in [2.75, 3.05) is 11.9 Å². The lowest BCUT2D eigenvalue weighted by atomic mass is 10.1. The molecule has 0 fully saturated rings. The highest BCUT2D eigenvalue weighted by Gasteiger charge is 2.08. The summed E-state index contributed by atoms with van der Waals surface area (Å²) in [6, 6.07) is 9.76. The molecule has 0 aliphatic rings. The highest BCUT2D eigenvalue weighted by Crippen LogP contribution is 2.28. The zero-order chi connectivity index (χ0) is 15.4. The molecule has 6 nitrogen and oxygen atoms in total. The first-order valence-corrected chi connectivity index (χ1v) is 7.46. The summed E-state index contributed by atoms with van der Waals surface area (Å²) in [6.45, 7) is -0.0574. The van der Waals surface area contributed by atoms with Gasteiger partial charge in [0, 0.05) is 22.7 Å². The fraction of sp³-hybridized carbons (Fsp3) is 0.0667. The van der Waals surface area contributed by atoms with Crippen LogP contribution in [0.15, 0.2) is 48.2 Å². The Balaban J connectivity index is 1.88. The molecule has 0 saturated carbocycles. The van der Waals surface area contributed by atoms with Gasteiger partial charge in [0.15, 0.2) is 5.13 Å². The fourth-order valence-corrected chi connectivity index (χ4v) is 2.67. The molecule has 0 saturated heterocycles. The number of aromatic nitrogens is 3. The molecule has 0 aliphatic heterocycles.